The van der Waals surface area contributed by atoms with Crippen molar-refractivity contribution in [2.24, 2.45) is 5.73 Å². The van der Waals surface area contributed by atoms with E-state index in [4.69, 9.17) is 5.73 Å². The number of rotatable bonds is 7. The summed E-state index contributed by atoms with van der Waals surface area (Å²) in [5, 5.41) is 2.55. The molecule has 0 aliphatic rings. The van der Waals surface area contributed by atoms with Gasteiger partial charge in [-0.25, -0.2) is 15.0 Å². The van der Waals surface area contributed by atoms with Crippen molar-refractivity contribution in [3.8, 4) is 5.82 Å². The maximum atomic E-state index is 12.8. The zero-order valence-corrected chi connectivity index (χ0v) is 14.9. The van der Waals surface area contributed by atoms with E-state index in [1.54, 1.807) is 37.4 Å². The number of carbonyl (C=O) groups is 3. The predicted molar refractivity (Wildman–Crippen MR) is 97.3 cm³/mol. The van der Waals surface area contributed by atoms with E-state index >= 15 is 0 Å². The zero-order chi connectivity index (χ0) is 20.1. The number of ketones is 1. The van der Waals surface area contributed by atoms with Crippen LogP contribution in [0.5, 0.6) is 0 Å². The van der Waals surface area contributed by atoms with Crippen LogP contribution < -0.4 is 11.1 Å². The summed E-state index contributed by atoms with van der Waals surface area (Å²) in [7, 11) is 0. The number of hydrogen-bond acceptors (Lipinski definition) is 7. The summed E-state index contributed by atoms with van der Waals surface area (Å²) in [6.07, 6.45) is 5.81. The van der Waals surface area contributed by atoms with Crippen molar-refractivity contribution in [3.05, 3.63) is 66.4 Å². The Hall–Kier alpha value is -3.95. The van der Waals surface area contributed by atoms with Crippen LogP contribution in [0.25, 0.3) is 5.82 Å². The fraction of sp³-hybridized carbons (Fsp3) is 0.167. The quantitative estimate of drug-likeness (QED) is 0.539. The first-order chi connectivity index (χ1) is 13.5. The van der Waals surface area contributed by atoms with Gasteiger partial charge in [0, 0.05) is 24.5 Å². The van der Waals surface area contributed by atoms with Gasteiger partial charge in [0.25, 0.3) is 11.8 Å². The third-order valence-corrected chi connectivity index (χ3v) is 3.97. The monoisotopic (exact) mass is 379 g/mol. The molecule has 3 aromatic rings. The second-order valence-corrected chi connectivity index (χ2v) is 5.87. The molecule has 3 aromatic heterocycles. The van der Waals surface area contributed by atoms with Crippen molar-refractivity contribution in [1.82, 2.24) is 29.8 Å². The SMILES string of the molecule is Cc1ncc(C(=O)NC(Cc2ccccn2)C(=O)C(N)=O)n1-c1ccncn1. The Balaban J connectivity index is 1.89. The lowest BCUT2D eigenvalue weighted by Gasteiger charge is -2.16. The second-order valence-electron chi connectivity index (χ2n) is 5.87. The Bertz CT molecular complexity index is 1000. The molecule has 0 aliphatic carbocycles. The number of carbonyl (C=O) groups excluding carboxylic acids is 3. The minimum Gasteiger partial charge on any atom is -0.363 e. The Kier molecular flexibility index (Phi) is 5.49. The lowest BCUT2D eigenvalue weighted by atomic mass is 10.1. The highest BCUT2D eigenvalue weighted by Gasteiger charge is 2.28. The first-order valence-corrected chi connectivity index (χ1v) is 8.32. The number of aromatic nitrogens is 5. The predicted octanol–water partition coefficient (Wildman–Crippen LogP) is -0.239. The van der Waals surface area contributed by atoms with Crippen LogP contribution in [0.3, 0.4) is 0 Å². The van der Waals surface area contributed by atoms with Gasteiger partial charge in [-0.05, 0) is 25.1 Å². The average Bonchev–Trinajstić information content (AvgIpc) is 3.09. The number of imidazole rings is 1. The van der Waals surface area contributed by atoms with E-state index in [9.17, 15) is 14.4 Å². The Morgan fingerprint density at radius 2 is 1.96 bits per heavy atom. The highest BCUT2D eigenvalue weighted by atomic mass is 16.2. The molecule has 0 aliphatic heterocycles. The van der Waals surface area contributed by atoms with E-state index in [0.29, 0.717) is 17.3 Å². The van der Waals surface area contributed by atoms with Gasteiger partial charge in [0.2, 0.25) is 5.78 Å². The molecule has 3 N–H and O–H groups in total. The van der Waals surface area contributed by atoms with Crippen LogP contribution >= 0.6 is 0 Å². The van der Waals surface area contributed by atoms with E-state index in [1.165, 1.54) is 23.3 Å². The minimum atomic E-state index is -1.16. The standard InChI is InChI=1S/C18H17N7O3/c1-11-22-9-14(25(11)15-5-7-20-10-23-15)18(28)24-13(16(26)17(19)27)8-12-4-2-3-6-21-12/h2-7,9-10,13H,8H2,1H3,(H2,19,27)(H,24,28). The number of Topliss-reactive ketones (excluding diaryl/α,β-unsaturated/α-hetero) is 1. The molecule has 0 fully saturated rings. The Morgan fingerprint density at radius 3 is 2.61 bits per heavy atom. The molecule has 1 unspecified atom stereocenters. The molecular weight excluding hydrogens is 362 g/mol. The summed E-state index contributed by atoms with van der Waals surface area (Å²) in [4.78, 5) is 52.7. The summed E-state index contributed by atoms with van der Waals surface area (Å²) in [6, 6.07) is 5.60. The molecule has 28 heavy (non-hydrogen) atoms. The number of primary amides is 1. The van der Waals surface area contributed by atoms with Crippen molar-refractivity contribution in [2.75, 3.05) is 0 Å². The van der Waals surface area contributed by atoms with E-state index in [-0.39, 0.29) is 12.1 Å². The van der Waals surface area contributed by atoms with Crippen molar-refractivity contribution >= 4 is 17.6 Å². The van der Waals surface area contributed by atoms with Gasteiger partial charge in [0.1, 0.15) is 29.7 Å². The number of nitrogens with two attached hydrogens (primary N) is 1. The molecular formula is C18H17N7O3. The summed E-state index contributed by atoms with van der Waals surface area (Å²) in [5.74, 6) is -1.69. The van der Waals surface area contributed by atoms with Crippen LogP contribution in [0.15, 0.2) is 49.2 Å². The highest BCUT2D eigenvalue weighted by Crippen LogP contribution is 2.12. The molecule has 0 bridgehead atoms. The molecule has 2 amide bonds. The smallest absolute Gasteiger partial charge is 0.287 e. The van der Waals surface area contributed by atoms with E-state index in [1.807, 2.05) is 0 Å². The molecule has 0 aromatic carbocycles. The van der Waals surface area contributed by atoms with Gasteiger partial charge in [-0.2, -0.15) is 0 Å². The summed E-state index contributed by atoms with van der Waals surface area (Å²) < 4.78 is 1.52. The largest absolute Gasteiger partial charge is 0.363 e. The molecule has 10 heteroatoms. The molecule has 0 saturated heterocycles. The van der Waals surface area contributed by atoms with Gasteiger partial charge in [-0.1, -0.05) is 6.07 Å². The maximum Gasteiger partial charge on any atom is 0.287 e. The summed E-state index contributed by atoms with van der Waals surface area (Å²) >= 11 is 0. The average molecular weight is 379 g/mol. The van der Waals surface area contributed by atoms with Crippen molar-refractivity contribution in [2.45, 2.75) is 19.4 Å². The Morgan fingerprint density at radius 1 is 1.14 bits per heavy atom. The first-order valence-electron chi connectivity index (χ1n) is 8.32. The molecule has 3 rings (SSSR count). The van der Waals surface area contributed by atoms with Crippen LogP contribution in [0.2, 0.25) is 0 Å². The molecule has 142 valence electrons. The Labute approximate surface area is 159 Å². The van der Waals surface area contributed by atoms with Crippen LogP contribution in [-0.4, -0.2) is 48.1 Å². The fourth-order valence-electron chi connectivity index (χ4n) is 2.65. The van der Waals surface area contributed by atoms with Crippen LogP contribution in [-0.2, 0) is 16.0 Å². The maximum absolute atomic E-state index is 12.8. The zero-order valence-electron chi connectivity index (χ0n) is 14.9. The van der Waals surface area contributed by atoms with Gasteiger partial charge in [-0.3, -0.25) is 23.9 Å². The van der Waals surface area contributed by atoms with Crippen molar-refractivity contribution in [3.63, 3.8) is 0 Å². The number of nitrogens with zero attached hydrogens (tertiary/aromatic N) is 5. The van der Waals surface area contributed by atoms with E-state index in [0.717, 1.165) is 0 Å². The first kappa shape index (κ1) is 18.8. The van der Waals surface area contributed by atoms with Gasteiger partial charge in [0.15, 0.2) is 0 Å². The molecule has 0 radical (unpaired) electrons. The minimum absolute atomic E-state index is 0.0228. The molecule has 0 saturated carbocycles. The van der Waals surface area contributed by atoms with Crippen LogP contribution in [0, 0.1) is 6.92 Å². The van der Waals surface area contributed by atoms with E-state index in [2.05, 4.69) is 25.3 Å². The normalized spacial score (nSPS) is 11.6. The molecule has 10 nitrogen and oxygen atoms in total. The fourth-order valence-corrected chi connectivity index (χ4v) is 2.65. The van der Waals surface area contributed by atoms with Crippen LogP contribution in [0.4, 0.5) is 0 Å². The topological polar surface area (TPSA) is 146 Å². The third kappa shape index (κ3) is 4.06. The van der Waals surface area contributed by atoms with Crippen LogP contribution in [0.1, 0.15) is 22.0 Å². The number of nitrogens with one attached hydrogen (secondary N) is 1. The van der Waals surface area contributed by atoms with Gasteiger partial charge in [0.05, 0.1) is 6.20 Å². The molecule has 0 spiro atoms. The second kappa shape index (κ2) is 8.16. The summed E-state index contributed by atoms with van der Waals surface area (Å²) in [6.45, 7) is 1.71. The van der Waals surface area contributed by atoms with E-state index < -0.39 is 23.6 Å². The summed E-state index contributed by atoms with van der Waals surface area (Å²) in [5.41, 5.74) is 5.82. The highest BCUT2D eigenvalue weighted by molar-refractivity contribution is 6.38. The number of amides is 2. The lowest BCUT2D eigenvalue weighted by molar-refractivity contribution is -0.137. The van der Waals surface area contributed by atoms with Gasteiger partial charge >= 0.3 is 0 Å². The number of hydrogen-bond donors (Lipinski definition) is 2. The molecule has 1 atom stereocenters. The van der Waals surface area contributed by atoms with Crippen molar-refractivity contribution in [1.29, 1.82) is 0 Å². The van der Waals surface area contributed by atoms with Crippen molar-refractivity contribution < 1.29 is 14.4 Å². The lowest BCUT2D eigenvalue weighted by Crippen LogP contribution is -2.47. The molecule has 3 heterocycles. The number of aryl methyl sites for hydroxylation is 1. The van der Waals surface area contributed by atoms with Gasteiger partial charge in [-0.15, -0.1) is 0 Å². The number of pyridine rings is 1. The van der Waals surface area contributed by atoms with Gasteiger partial charge < -0.3 is 11.1 Å². The third-order valence-electron chi connectivity index (χ3n) is 3.97.